The molecular formula is C27H36Cl2N2Si2Ti-2. The van der Waals surface area contributed by atoms with E-state index in [0.29, 0.717) is 5.92 Å². The number of nitrogens with zero attached hydrogens (tertiary/aromatic N) is 2. The molecule has 1 fully saturated rings. The van der Waals surface area contributed by atoms with Crippen LogP contribution in [0.5, 0.6) is 0 Å². The minimum atomic E-state index is -1.89. The van der Waals surface area contributed by atoms with Gasteiger partial charge >= 0.3 is 35.6 Å². The molecule has 2 nitrogen and oxygen atoms in total. The number of allylic oxidation sites excluding steroid dienone is 4. The predicted octanol–water partition coefficient (Wildman–Crippen LogP) is 10.3. The van der Waals surface area contributed by atoms with Crippen LogP contribution in [0, 0.1) is 19.3 Å². The van der Waals surface area contributed by atoms with Gasteiger partial charge in [0.25, 0.3) is 0 Å². The van der Waals surface area contributed by atoms with Gasteiger partial charge in [-0.1, -0.05) is 93.4 Å². The third kappa shape index (κ3) is 5.19. The van der Waals surface area contributed by atoms with Crippen LogP contribution in [-0.2, 0) is 17.0 Å². The van der Waals surface area contributed by atoms with Crippen molar-refractivity contribution in [3.8, 4) is 0 Å². The Hall–Kier alpha value is -0.752. The zero-order chi connectivity index (χ0) is 23.8. The summed E-state index contributed by atoms with van der Waals surface area (Å²) in [7, 11) is 6.64. The van der Waals surface area contributed by atoms with Crippen LogP contribution >= 0.6 is 18.6 Å². The molecule has 2 aliphatic carbocycles. The molecule has 2 aromatic rings. The van der Waals surface area contributed by atoms with E-state index in [1.165, 1.54) is 17.8 Å². The summed E-state index contributed by atoms with van der Waals surface area (Å²) in [4.78, 5) is 0. The van der Waals surface area contributed by atoms with Crippen LogP contribution in [-0.4, -0.2) is 16.3 Å². The maximum absolute atomic E-state index is 5.00. The molecule has 0 bridgehead atoms. The summed E-state index contributed by atoms with van der Waals surface area (Å²) in [5.41, 5.74) is 6.44. The normalized spacial score (nSPS) is 24.5. The van der Waals surface area contributed by atoms with Crippen LogP contribution in [0.15, 0.2) is 72.8 Å². The quantitative estimate of drug-likeness (QED) is 0.268. The van der Waals surface area contributed by atoms with Crippen molar-refractivity contribution in [2.24, 2.45) is 11.8 Å². The van der Waals surface area contributed by atoms with E-state index in [1.807, 2.05) is 0 Å². The van der Waals surface area contributed by atoms with Gasteiger partial charge in [-0.2, -0.15) is 0 Å². The van der Waals surface area contributed by atoms with Crippen molar-refractivity contribution in [2.45, 2.75) is 50.2 Å². The summed E-state index contributed by atoms with van der Waals surface area (Å²) >= 11 is -0.556. The molecule has 1 aliphatic heterocycles. The number of hydrogen-bond acceptors (Lipinski definition) is 1. The molecule has 0 spiro atoms. The van der Waals surface area contributed by atoms with Gasteiger partial charge in [0.2, 0.25) is 0 Å². The second-order valence-corrected chi connectivity index (χ2v) is 23.4. The van der Waals surface area contributed by atoms with Gasteiger partial charge in [0, 0.05) is 19.4 Å². The number of halogens is 2. The Morgan fingerprint density at radius 1 is 0.794 bits per heavy atom. The molecule has 1 saturated carbocycles. The third-order valence-corrected chi connectivity index (χ3v) is 14.7. The Bertz CT molecular complexity index is 1010. The number of para-hydroxylation sites is 4. The van der Waals surface area contributed by atoms with Crippen LogP contribution in [0.4, 0.5) is 22.7 Å². The topological polar surface area (TPSA) is 17.3 Å². The van der Waals surface area contributed by atoms with Gasteiger partial charge in [-0.15, -0.1) is 11.4 Å². The fourth-order valence-electron chi connectivity index (χ4n) is 6.27. The second-order valence-electron chi connectivity index (χ2n) is 10.9. The zero-order valence-electron chi connectivity index (χ0n) is 21.1. The van der Waals surface area contributed by atoms with Gasteiger partial charge in [0.15, 0.2) is 8.24 Å². The molecule has 0 saturated heterocycles. The SMILES string of the molecule is C[Si](C)(C)[C@H]1CC([Si](C)(C)N2c3ccccc3[N-]c3ccccc32)[C@H]2C=CC=C[C@H]21.[CH3-].[Cl][Ti][Cl]. The van der Waals surface area contributed by atoms with Crippen molar-refractivity contribution < 1.29 is 17.0 Å². The van der Waals surface area contributed by atoms with Gasteiger partial charge in [-0.05, 0) is 41.5 Å². The molecule has 0 aromatic heterocycles. The minimum absolute atomic E-state index is 0. The molecule has 4 atom stereocenters. The van der Waals surface area contributed by atoms with Crippen molar-refractivity contribution in [1.29, 1.82) is 0 Å². The van der Waals surface area contributed by atoms with Gasteiger partial charge in [0.1, 0.15) is 0 Å². The average molecular weight is 564 g/mol. The van der Waals surface area contributed by atoms with Crippen LogP contribution in [0.25, 0.3) is 5.32 Å². The molecule has 1 heterocycles. The number of benzene rings is 2. The summed E-state index contributed by atoms with van der Waals surface area (Å²) in [6.07, 6.45) is 11.0. The predicted molar refractivity (Wildman–Crippen MR) is 154 cm³/mol. The Morgan fingerprint density at radius 2 is 1.24 bits per heavy atom. The average Bonchev–Trinajstić information content (AvgIpc) is 3.19. The summed E-state index contributed by atoms with van der Waals surface area (Å²) < 4.78 is 2.74. The standard InChI is InChI=1S/C26H33N2Si2.CH3.2ClH.Ti/c1-29(2,3)25-18-26(20-13-7-6-12-19(20)25)30(4,5)28-23-16-10-8-14-21(23)27-22-15-9-11-17-24(22)28;;;;/h6-17,19-20,25-26H,18H2,1-5H3;1H3;2*1H;/q2*-1;;;+2/p-2/t19-,20+,25+,26?;;;;/m1..../s1. The molecule has 0 amide bonds. The van der Waals surface area contributed by atoms with E-state index < -0.39 is 33.3 Å². The van der Waals surface area contributed by atoms with E-state index in [9.17, 15) is 0 Å². The molecule has 182 valence electrons. The molecule has 34 heavy (non-hydrogen) atoms. The van der Waals surface area contributed by atoms with Gasteiger partial charge in [-0.25, -0.2) is 0 Å². The fraction of sp³-hybridized carbons (Fsp3) is 0.370. The summed E-state index contributed by atoms with van der Waals surface area (Å²) in [6.45, 7) is 12.9. The first-order chi connectivity index (χ1) is 15.7. The van der Waals surface area contributed by atoms with Crippen LogP contribution in [0.3, 0.4) is 0 Å². The van der Waals surface area contributed by atoms with Crippen molar-refractivity contribution >= 4 is 57.7 Å². The van der Waals surface area contributed by atoms with Crippen molar-refractivity contribution in [1.82, 2.24) is 0 Å². The van der Waals surface area contributed by atoms with Gasteiger partial charge in [-0.3, -0.25) is 0 Å². The van der Waals surface area contributed by atoms with E-state index in [1.54, 1.807) is 0 Å². The zero-order valence-corrected chi connectivity index (χ0v) is 26.2. The third-order valence-electron chi connectivity index (χ3n) is 7.74. The van der Waals surface area contributed by atoms with Crippen molar-refractivity contribution in [2.75, 3.05) is 4.57 Å². The Kier molecular flexibility index (Phi) is 9.09. The van der Waals surface area contributed by atoms with E-state index in [2.05, 4.69) is 110 Å². The van der Waals surface area contributed by atoms with Crippen LogP contribution < -0.4 is 4.57 Å². The number of anilines is 2. The first-order valence-electron chi connectivity index (χ1n) is 11.7. The molecule has 5 rings (SSSR count). The van der Waals surface area contributed by atoms with Crippen molar-refractivity contribution in [3.63, 3.8) is 0 Å². The summed E-state index contributed by atoms with van der Waals surface area (Å²) in [5.74, 6) is 1.39. The second kappa shape index (κ2) is 11.1. The Morgan fingerprint density at radius 3 is 1.71 bits per heavy atom. The van der Waals surface area contributed by atoms with E-state index in [-0.39, 0.29) is 7.43 Å². The van der Waals surface area contributed by atoms with Gasteiger partial charge in [0.05, 0.1) is 0 Å². The Balaban J connectivity index is 0.000000771. The first-order valence-corrected chi connectivity index (χ1v) is 22.6. The van der Waals surface area contributed by atoms with Gasteiger partial charge < -0.3 is 17.3 Å². The molecule has 3 aliphatic rings. The van der Waals surface area contributed by atoms with E-state index in [4.69, 9.17) is 23.9 Å². The van der Waals surface area contributed by atoms with Crippen LogP contribution in [0.1, 0.15) is 6.42 Å². The number of hydrogen-bond donors (Lipinski definition) is 0. The molecule has 1 unspecified atom stereocenters. The van der Waals surface area contributed by atoms with Crippen molar-refractivity contribution in [3.05, 3.63) is 85.6 Å². The number of rotatable bonds is 3. The fourth-order valence-corrected chi connectivity index (χ4v) is 13.0. The Labute approximate surface area is 225 Å². The maximum atomic E-state index is 5.00. The molecule has 7 heteroatoms. The monoisotopic (exact) mass is 562 g/mol. The summed E-state index contributed by atoms with van der Waals surface area (Å²) in [6, 6.07) is 17.5. The molecule has 0 N–H and O–H groups in total. The van der Waals surface area contributed by atoms with E-state index >= 15 is 0 Å². The molecular weight excluding hydrogens is 527 g/mol. The van der Waals surface area contributed by atoms with Crippen LogP contribution in [0.2, 0.25) is 43.8 Å². The summed E-state index contributed by atoms with van der Waals surface area (Å²) in [5, 5.41) is 5.00. The molecule has 0 radical (unpaired) electrons. The van der Waals surface area contributed by atoms with E-state index in [0.717, 1.165) is 28.4 Å². The first kappa shape index (κ1) is 27.8. The molecule has 2 aromatic carbocycles. The number of fused-ring (bicyclic) bond motifs is 3.